The quantitative estimate of drug-likeness (QED) is 0.206. The summed E-state index contributed by atoms with van der Waals surface area (Å²) >= 11 is 0. The summed E-state index contributed by atoms with van der Waals surface area (Å²) in [5.74, 6) is -0.746. The number of ether oxygens (including phenoxy) is 2. The maximum atomic E-state index is 13.2. The lowest BCUT2D eigenvalue weighted by molar-refractivity contribution is -0.257. The van der Waals surface area contributed by atoms with Gasteiger partial charge in [-0.15, -0.1) is 0 Å². The Morgan fingerprint density at radius 2 is 1.76 bits per heavy atom. The average Bonchev–Trinajstić information content (AvgIpc) is 3.42. The number of nitriles is 1. The molecule has 3 aromatic rings. The molecule has 1 aromatic heterocycles. The molecule has 0 spiro atoms. The number of benzene rings is 2. The molecule has 0 saturated carbocycles. The van der Waals surface area contributed by atoms with Gasteiger partial charge in [0.05, 0.1) is 19.3 Å². The van der Waals surface area contributed by atoms with Crippen molar-refractivity contribution in [2.75, 3.05) is 51.3 Å². The summed E-state index contributed by atoms with van der Waals surface area (Å²) in [6.07, 6.45) is -5.27. The third kappa shape index (κ3) is 7.24. The van der Waals surface area contributed by atoms with Crippen molar-refractivity contribution in [3.63, 3.8) is 0 Å². The van der Waals surface area contributed by atoms with Crippen LogP contribution in [0.15, 0.2) is 53.4 Å². The molecule has 2 fully saturated rings. The van der Waals surface area contributed by atoms with Crippen LogP contribution in [-0.2, 0) is 26.5 Å². The third-order valence-electron chi connectivity index (χ3n) is 8.72. The maximum absolute atomic E-state index is 13.2. The normalized spacial score (nSPS) is 25.1. The summed E-state index contributed by atoms with van der Waals surface area (Å²) in [6, 6.07) is 17.9. The van der Waals surface area contributed by atoms with Crippen LogP contribution in [0, 0.1) is 17.2 Å². The van der Waals surface area contributed by atoms with Gasteiger partial charge in [-0.2, -0.15) is 5.26 Å². The molecule has 0 aliphatic carbocycles. The van der Waals surface area contributed by atoms with Crippen molar-refractivity contribution in [2.45, 2.75) is 38.4 Å². The standard InChI is InChI=1S/C32H41N5O7S/c1-20(29(18-33)45(41,42)35-19-28-31(39)30(38)21(2)32(40)44-28)26-8-9-27(36(26)3)24-5-4-23-17-25(7-6-22(23)16-24)34-10-11-37-12-14-43-15-13-37/h4-9,16-17,21,28,30-32,34-35,38-40H,10-15,19H2,1-3H3/b29-20+/t21-,28-,30-,31-,32?/m1/s1. The first-order valence-electron chi connectivity index (χ1n) is 15.0. The predicted molar refractivity (Wildman–Crippen MR) is 171 cm³/mol. The number of fused-ring (bicyclic) bond motifs is 1. The second kappa shape index (κ2) is 14.0. The lowest BCUT2D eigenvalue weighted by Gasteiger charge is -2.39. The van der Waals surface area contributed by atoms with Crippen molar-refractivity contribution in [3.8, 4) is 17.3 Å². The summed E-state index contributed by atoms with van der Waals surface area (Å²) in [6.45, 7) is 7.92. The molecular formula is C32H41N5O7S. The highest BCUT2D eigenvalue weighted by Crippen LogP contribution is 2.31. The third-order valence-corrected chi connectivity index (χ3v) is 10.2. The van der Waals surface area contributed by atoms with Crippen molar-refractivity contribution < 1.29 is 33.2 Å². The van der Waals surface area contributed by atoms with Crippen LogP contribution < -0.4 is 10.0 Å². The lowest BCUT2D eigenvalue weighted by atomic mass is 9.92. The largest absolute Gasteiger partial charge is 0.390 e. The predicted octanol–water partition coefficient (Wildman–Crippen LogP) is 1.84. The van der Waals surface area contributed by atoms with Crippen LogP contribution in [-0.4, -0.2) is 104 Å². The summed E-state index contributed by atoms with van der Waals surface area (Å²) in [4.78, 5) is 1.90. The molecule has 5 atom stereocenters. The van der Waals surface area contributed by atoms with Crippen LogP contribution in [0.2, 0.25) is 0 Å². The molecule has 45 heavy (non-hydrogen) atoms. The van der Waals surface area contributed by atoms with Gasteiger partial charge in [0.15, 0.2) is 11.2 Å². The van der Waals surface area contributed by atoms with Gasteiger partial charge in [0.25, 0.3) is 10.0 Å². The van der Waals surface area contributed by atoms with Gasteiger partial charge in [-0.3, -0.25) is 4.90 Å². The number of hydrogen-bond acceptors (Lipinski definition) is 10. The molecule has 13 heteroatoms. The molecule has 2 saturated heterocycles. The number of rotatable bonds is 10. The fourth-order valence-corrected chi connectivity index (χ4v) is 7.01. The van der Waals surface area contributed by atoms with E-state index in [4.69, 9.17) is 9.47 Å². The highest BCUT2D eigenvalue weighted by Gasteiger charge is 2.42. The van der Waals surface area contributed by atoms with Crippen molar-refractivity contribution in [1.82, 2.24) is 14.2 Å². The molecule has 3 heterocycles. The highest BCUT2D eigenvalue weighted by molar-refractivity contribution is 7.93. The minimum absolute atomic E-state index is 0.242. The molecule has 12 nitrogen and oxygen atoms in total. The van der Waals surface area contributed by atoms with Crippen LogP contribution in [0.4, 0.5) is 5.69 Å². The van der Waals surface area contributed by atoms with Crippen LogP contribution in [0.3, 0.4) is 0 Å². The van der Waals surface area contributed by atoms with Gasteiger partial charge in [0.2, 0.25) is 0 Å². The first kappa shape index (κ1) is 33.1. The number of sulfonamides is 1. The lowest BCUT2D eigenvalue weighted by Crippen LogP contribution is -2.56. The Hall–Kier alpha value is -3.32. The number of nitrogens with zero attached hydrogens (tertiary/aromatic N) is 3. The molecular weight excluding hydrogens is 598 g/mol. The van der Waals surface area contributed by atoms with Gasteiger partial charge in [-0.25, -0.2) is 13.1 Å². The molecule has 2 aliphatic heterocycles. The summed E-state index contributed by atoms with van der Waals surface area (Å²) < 4.78 is 41.2. The number of aliphatic hydroxyl groups is 3. The molecule has 0 bridgehead atoms. The molecule has 242 valence electrons. The molecule has 2 aromatic carbocycles. The van der Waals surface area contributed by atoms with Gasteiger partial charge >= 0.3 is 0 Å². The Kier molecular flexibility index (Phi) is 10.3. The number of aromatic nitrogens is 1. The number of nitrogens with one attached hydrogen (secondary N) is 2. The first-order chi connectivity index (χ1) is 21.5. The fourth-order valence-electron chi connectivity index (χ4n) is 5.85. The molecule has 0 radical (unpaired) electrons. The van der Waals surface area contributed by atoms with Crippen molar-refractivity contribution in [3.05, 3.63) is 59.1 Å². The maximum Gasteiger partial charge on any atom is 0.251 e. The summed E-state index contributed by atoms with van der Waals surface area (Å²) in [5.41, 5.74) is 3.62. The van der Waals surface area contributed by atoms with Gasteiger partial charge in [-0.05, 0) is 53.6 Å². The van der Waals surface area contributed by atoms with Gasteiger partial charge in [0, 0.05) is 68.3 Å². The van der Waals surface area contributed by atoms with Crippen molar-refractivity contribution >= 4 is 32.1 Å². The van der Waals surface area contributed by atoms with E-state index in [1.54, 1.807) is 19.1 Å². The van der Waals surface area contributed by atoms with E-state index in [-0.39, 0.29) is 5.57 Å². The van der Waals surface area contributed by atoms with Crippen LogP contribution >= 0.6 is 0 Å². The van der Waals surface area contributed by atoms with E-state index in [1.165, 1.54) is 6.92 Å². The number of anilines is 1. The van der Waals surface area contributed by atoms with E-state index in [1.807, 2.05) is 23.7 Å². The van der Waals surface area contributed by atoms with E-state index >= 15 is 0 Å². The molecule has 0 amide bonds. The fraction of sp³-hybridized carbons (Fsp3) is 0.469. The van der Waals surface area contributed by atoms with Crippen molar-refractivity contribution in [2.24, 2.45) is 13.0 Å². The topological polar surface area (TPSA) is 169 Å². The van der Waals surface area contributed by atoms with Crippen LogP contribution in [0.1, 0.15) is 19.5 Å². The first-order valence-corrected chi connectivity index (χ1v) is 16.5. The van der Waals surface area contributed by atoms with Gasteiger partial charge in [-0.1, -0.05) is 25.1 Å². The van der Waals surface area contributed by atoms with E-state index < -0.39 is 52.0 Å². The van der Waals surface area contributed by atoms with E-state index in [0.717, 1.165) is 67.1 Å². The Morgan fingerprint density at radius 3 is 2.49 bits per heavy atom. The minimum atomic E-state index is -4.32. The van der Waals surface area contributed by atoms with E-state index in [2.05, 4.69) is 45.3 Å². The van der Waals surface area contributed by atoms with Crippen molar-refractivity contribution in [1.29, 1.82) is 5.26 Å². The number of morpholine rings is 1. The Labute approximate surface area is 263 Å². The van der Waals surface area contributed by atoms with E-state index in [9.17, 15) is 29.0 Å². The molecule has 5 rings (SSSR count). The number of aliphatic hydroxyl groups excluding tert-OH is 3. The Balaban J connectivity index is 1.30. The second-order valence-electron chi connectivity index (χ2n) is 11.6. The van der Waals surface area contributed by atoms with Gasteiger partial charge in [0.1, 0.15) is 18.3 Å². The Morgan fingerprint density at radius 1 is 1.04 bits per heavy atom. The van der Waals surface area contributed by atoms with E-state index in [0.29, 0.717) is 5.69 Å². The average molecular weight is 640 g/mol. The summed E-state index contributed by atoms with van der Waals surface area (Å²) in [7, 11) is -2.51. The SMILES string of the molecule is C/C(=C(/C#N)S(=O)(=O)NC[C@H]1OC(O)[C@H](C)[C@@H](O)[C@@H]1O)c1ccc(-c2ccc3cc(NCCN4CCOCC4)ccc3c2)n1C. The molecule has 2 aliphatic rings. The monoisotopic (exact) mass is 639 g/mol. The van der Waals surface area contributed by atoms with Crippen LogP contribution in [0.5, 0.6) is 0 Å². The Bertz CT molecular complexity index is 1690. The molecule has 1 unspecified atom stereocenters. The zero-order valence-electron chi connectivity index (χ0n) is 25.7. The van der Waals surface area contributed by atoms with Crippen LogP contribution in [0.25, 0.3) is 27.6 Å². The number of allylic oxidation sites excluding steroid dienone is 2. The smallest absolute Gasteiger partial charge is 0.251 e. The highest BCUT2D eigenvalue weighted by atomic mass is 32.2. The zero-order valence-corrected chi connectivity index (χ0v) is 26.5. The zero-order chi connectivity index (χ0) is 32.3. The second-order valence-corrected chi connectivity index (χ2v) is 13.3. The van der Waals surface area contributed by atoms with Gasteiger partial charge < -0.3 is 34.7 Å². The number of hydrogen-bond donors (Lipinski definition) is 5. The minimum Gasteiger partial charge on any atom is -0.390 e. The summed E-state index contributed by atoms with van der Waals surface area (Å²) in [5, 5.41) is 45.9. The molecule has 5 N–H and O–H groups in total.